The number of carbonyl (C=O) groups is 1. The first-order valence-corrected chi connectivity index (χ1v) is 11.0. The summed E-state index contributed by atoms with van der Waals surface area (Å²) in [6.45, 7) is 6.64. The van der Waals surface area contributed by atoms with Crippen LogP contribution in [0, 0.1) is 28.6 Å². The molecule has 4 aliphatic rings. The van der Waals surface area contributed by atoms with Gasteiger partial charge in [-0.25, -0.2) is 4.39 Å². The molecule has 0 aliphatic heterocycles. The summed E-state index contributed by atoms with van der Waals surface area (Å²) in [6.07, 6.45) is 4.25. The van der Waals surface area contributed by atoms with Crippen molar-refractivity contribution in [3.63, 3.8) is 0 Å². The first-order chi connectivity index (χ1) is 13.9. The number of halogens is 1. The third kappa shape index (κ3) is 2.23. The average molecular weight is 420 g/mol. The smallest absolute Gasteiger partial charge is 0.190 e. The van der Waals surface area contributed by atoms with Gasteiger partial charge in [0.15, 0.2) is 11.5 Å². The second kappa shape index (κ2) is 6.57. The van der Waals surface area contributed by atoms with Gasteiger partial charge in [0.1, 0.15) is 12.2 Å². The maximum atomic E-state index is 17.3. The molecule has 5 nitrogen and oxygen atoms in total. The molecule has 30 heavy (non-hydrogen) atoms. The molecule has 0 aromatic carbocycles. The molecule has 0 spiro atoms. The highest BCUT2D eigenvalue weighted by atomic mass is 19.1. The normalized spacial score (nSPS) is 51.6. The van der Waals surface area contributed by atoms with Crippen LogP contribution in [0.25, 0.3) is 0 Å². The molecule has 166 valence electrons. The number of aliphatic imine (C=N–C) groups is 1. The summed E-state index contributed by atoms with van der Waals surface area (Å²) in [6, 6.07) is 0. The lowest BCUT2D eigenvalue weighted by Crippen LogP contribution is -2.70. The molecule has 3 saturated carbocycles. The van der Waals surface area contributed by atoms with Crippen LogP contribution >= 0.6 is 0 Å². The maximum Gasteiger partial charge on any atom is 0.190 e. The molecule has 8 atom stereocenters. The standard InChI is InChI=1S/C24H34FNO4/c1-13-8-16(26-5)10-15-6-7-17-18-9-14(2)24(30,20(29)12-27)21(18,3)11-19(28)23(17,25)22(13,15)4/h8,10,14,17-19,27-28,30H,6-7,9,11-12H2,1-5H3/t14-,17+,18?,19+,21+,22+,23+,24+/m1/s1. The average Bonchev–Trinajstić information content (AvgIpc) is 2.90. The molecule has 3 fully saturated rings. The zero-order valence-corrected chi connectivity index (χ0v) is 18.6. The van der Waals surface area contributed by atoms with Crippen LogP contribution in [0.15, 0.2) is 28.3 Å². The Morgan fingerprint density at radius 2 is 1.97 bits per heavy atom. The number of alkyl halides is 1. The van der Waals surface area contributed by atoms with Crippen LogP contribution in [0.3, 0.4) is 0 Å². The lowest BCUT2D eigenvalue weighted by molar-refractivity contribution is -0.221. The minimum absolute atomic E-state index is 0.0118. The fourth-order valence-electron chi connectivity index (χ4n) is 7.79. The Kier molecular flexibility index (Phi) is 4.78. The Balaban J connectivity index is 1.86. The Morgan fingerprint density at radius 1 is 1.30 bits per heavy atom. The molecule has 0 radical (unpaired) electrons. The van der Waals surface area contributed by atoms with Gasteiger partial charge in [0.2, 0.25) is 0 Å². The van der Waals surface area contributed by atoms with Crippen molar-refractivity contribution in [3.05, 3.63) is 23.3 Å². The third-order valence-electron chi connectivity index (χ3n) is 9.57. The number of aliphatic hydroxyl groups is 3. The van der Waals surface area contributed by atoms with Crippen LogP contribution in [-0.2, 0) is 4.79 Å². The molecule has 0 aromatic heterocycles. The number of nitrogens with zero attached hydrogens (tertiary/aromatic N) is 1. The second-order valence-corrected chi connectivity index (χ2v) is 10.4. The van der Waals surface area contributed by atoms with Crippen molar-refractivity contribution in [3.8, 4) is 0 Å². The van der Waals surface area contributed by atoms with Gasteiger partial charge in [-0.2, -0.15) is 0 Å². The topological polar surface area (TPSA) is 90.1 Å². The van der Waals surface area contributed by atoms with Gasteiger partial charge in [0.05, 0.1) is 11.8 Å². The Hall–Kier alpha value is -1.37. The van der Waals surface area contributed by atoms with Gasteiger partial charge in [-0.05, 0) is 63.5 Å². The van der Waals surface area contributed by atoms with E-state index in [2.05, 4.69) is 4.99 Å². The molecule has 6 heteroatoms. The predicted molar refractivity (Wildman–Crippen MR) is 113 cm³/mol. The van der Waals surface area contributed by atoms with Crippen LogP contribution < -0.4 is 0 Å². The number of Topliss-reactive ketones (excluding diaryl/α,β-unsaturated/α-hetero) is 1. The number of carbonyl (C=O) groups excluding carboxylic acids is 1. The van der Waals surface area contributed by atoms with Crippen LogP contribution in [0.1, 0.15) is 53.4 Å². The largest absolute Gasteiger partial charge is 0.390 e. The van der Waals surface area contributed by atoms with Crippen molar-refractivity contribution < 1.29 is 24.5 Å². The van der Waals surface area contributed by atoms with Gasteiger partial charge in [0, 0.05) is 23.8 Å². The Labute approximate surface area is 177 Å². The van der Waals surface area contributed by atoms with Crippen molar-refractivity contribution >= 4 is 11.5 Å². The quantitative estimate of drug-likeness (QED) is 0.642. The van der Waals surface area contributed by atoms with Crippen LogP contribution in [-0.4, -0.2) is 57.8 Å². The summed E-state index contributed by atoms with van der Waals surface area (Å²) < 4.78 is 17.3. The first kappa shape index (κ1) is 21.8. The molecule has 4 rings (SSSR count). The van der Waals surface area contributed by atoms with E-state index in [0.717, 1.165) is 16.9 Å². The minimum Gasteiger partial charge on any atom is -0.390 e. The fraction of sp³-hybridized carbons (Fsp3) is 0.750. The van der Waals surface area contributed by atoms with E-state index in [1.165, 1.54) is 0 Å². The van der Waals surface area contributed by atoms with Crippen molar-refractivity contribution in [2.75, 3.05) is 13.7 Å². The van der Waals surface area contributed by atoms with E-state index < -0.39 is 52.4 Å². The summed E-state index contributed by atoms with van der Waals surface area (Å²) >= 11 is 0. The molecule has 1 unspecified atom stereocenters. The monoisotopic (exact) mass is 419 g/mol. The summed E-state index contributed by atoms with van der Waals surface area (Å²) in [7, 11) is 1.72. The lowest BCUT2D eigenvalue weighted by Gasteiger charge is -2.63. The zero-order valence-electron chi connectivity index (χ0n) is 18.6. The van der Waals surface area contributed by atoms with Crippen molar-refractivity contribution in [2.45, 2.75) is 70.8 Å². The maximum absolute atomic E-state index is 17.3. The van der Waals surface area contributed by atoms with Crippen molar-refractivity contribution in [1.82, 2.24) is 0 Å². The number of aliphatic hydroxyl groups excluding tert-OH is 2. The van der Waals surface area contributed by atoms with Crippen molar-refractivity contribution in [2.24, 2.45) is 33.6 Å². The fourth-order valence-corrected chi connectivity index (χ4v) is 7.79. The van der Waals surface area contributed by atoms with E-state index in [-0.39, 0.29) is 12.3 Å². The summed E-state index contributed by atoms with van der Waals surface area (Å²) in [4.78, 5) is 16.9. The van der Waals surface area contributed by atoms with E-state index >= 15 is 4.39 Å². The van der Waals surface area contributed by atoms with Gasteiger partial charge >= 0.3 is 0 Å². The van der Waals surface area contributed by atoms with E-state index in [1.54, 1.807) is 20.9 Å². The Bertz CT molecular complexity index is 880. The van der Waals surface area contributed by atoms with Crippen LogP contribution in [0.2, 0.25) is 0 Å². The molecule has 4 aliphatic carbocycles. The second-order valence-electron chi connectivity index (χ2n) is 10.4. The number of hydrogen-bond donors (Lipinski definition) is 3. The zero-order chi connectivity index (χ0) is 22.3. The molecule has 0 amide bonds. The SMILES string of the molecule is CN=C1C=C(C)[C@@]2(C)C(=C1)CC[C@H]1C3C[C@@H](C)[C@](O)(C(=O)CO)[C@@]3(C)C[C@H](O)[C@@]12F. The molecule has 3 N–H and O–H groups in total. The molecule has 0 aromatic rings. The van der Waals surface area contributed by atoms with E-state index in [1.807, 2.05) is 26.0 Å². The van der Waals surface area contributed by atoms with Gasteiger partial charge < -0.3 is 15.3 Å². The van der Waals surface area contributed by atoms with Crippen LogP contribution in [0.4, 0.5) is 4.39 Å². The first-order valence-electron chi connectivity index (χ1n) is 11.0. The van der Waals surface area contributed by atoms with Gasteiger partial charge in [-0.1, -0.05) is 25.0 Å². The molecule has 0 saturated heterocycles. The minimum atomic E-state index is -1.89. The highest BCUT2D eigenvalue weighted by molar-refractivity contribution is 6.06. The predicted octanol–water partition coefficient (Wildman–Crippen LogP) is 2.79. The highest BCUT2D eigenvalue weighted by Crippen LogP contribution is 2.71. The molecular formula is C24H34FNO4. The van der Waals surface area contributed by atoms with Crippen LogP contribution in [0.5, 0.6) is 0 Å². The highest BCUT2D eigenvalue weighted by Gasteiger charge is 2.76. The lowest BCUT2D eigenvalue weighted by atomic mass is 9.43. The van der Waals surface area contributed by atoms with E-state index in [4.69, 9.17) is 0 Å². The molecular weight excluding hydrogens is 385 g/mol. The molecule has 0 bridgehead atoms. The number of rotatable bonds is 2. The third-order valence-corrected chi connectivity index (χ3v) is 9.57. The van der Waals surface area contributed by atoms with Gasteiger partial charge in [-0.3, -0.25) is 9.79 Å². The summed E-state index contributed by atoms with van der Waals surface area (Å²) in [5.74, 6) is -1.78. The van der Waals surface area contributed by atoms with E-state index in [9.17, 15) is 20.1 Å². The summed E-state index contributed by atoms with van der Waals surface area (Å²) in [5.41, 5.74) is -2.96. The number of fused-ring (bicyclic) bond motifs is 5. The molecule has 0 heterocycles. The summed E-state index contributed by atoms with van der Waals surface area (Å²) in [5, 5.41) is 32.4. The van der Waals surface area contributed by atoms with Crippen molar-refractivity contribution in [1.29, 1.82) is 0 Å². The number of allylic oxidation sites excluding steroid dienone is 4. The van der Waals surface area contributed by atoms with Gasteiger partial charge in [-0.15, -0.1) is 0 Å². The number of hydrogen-bond acceptors (Lipinski definition) is 5. The van der Waals surface area contributed by atoms with E-state index in [0.29, 0.717) is 19.3 Å². The Morgan fingerprint density at radius 3 is 2.57 bits per heavy atom. The number of ketones is 1. The van der Waals surface area contributed by atoms with Gasteiger partial charge in [0.25, 0.3) is 0 Å².